The third kappa shape index (κ3) is 3.76. The molecule has 2 aliphatic heterocycles. The van der Waals surface area contributed by atoms with Gasteiger partial charge in [-0.2, -0.15) is 0 Å². The molecule has 5 rings (SSSR count). The Labute approximate surface area is 180 Å². The number of fused-ring (bicyclic) bond motifs is 1. The van der Waals surface area contributed by atoms with E-state index in [9.17, 15) is 9.59 Å². The van der Waals surface area contributed by atoms with E-state index >= 15 is 0 Å². The Kier molecular flexibility index (Phi) is 5.10. The summed E-state index contributed by atoms with van der Waals surface area (Å²) in [6, 6.07) is 26.5. The number of hydrogen-bond acceptors (Lipinski definition) is 4. The van der Waals surface area contributed by atoms with Crippen LogP contribution in [-0.4, -0.2) is 28.9 Å². The monoisotopic (exact) mass is 410 g/mol. The molecule has 0 bridgehead atoms. The van der Waals surface area contributed by atoms with Crippen molar-refractivity contribution in [3.63, 3.8) is 0 Å². The van der Waals surface area contributed by atoms with Gasteiger partial charge in [-0.15, -0.1) is 0 Å². The molecule has 5 heteroatoms. The van der Waals surface area contributed by atoms with E-state index in [1.54, 1.807) is 24.3 Å². The second kappa shape index (κ2) is 8.20. The molecule has 0 aliphatic carbocycles. The van der Waals surface area contributed by atoms with Gasteiger partial charge < -0.3 is 0 Å². The zero-order valence-corrected chi connectivity index (χ0v) is 16.9. The summed E-state index contributed by atoms with van der Waals surface area (Å²) in [4.78, 5) is 33.6. The molecule has 3 aromatic rings. The van der Waals surface area contributed by atoms with Crippen molar-refractivity contribution in [1.29, 1.82) is 0 Å². The van der Waals surface area contributed by atoms with Gasteiger partial charge in [0.1, 0.15) is 6.10 Å². The van der Waals surface area contributed by atoms with Crippen LogP contribution in [-0.2, 0) is 17.7 Å². The smallest absolute Gasteiger partial charge is 0.261 e. The number of carbonyl (C=O) groups is 2. The summed E-state index contributed by atoms with van der Waals surface area (Å²) in [5, 5.41) is 0. The predicted molar refractivity (Wildman–Crippen MR) is 117 cm³/mol. The van der Waals surface area contributed by atoms with Crippen molar-refractivity contribution in [3.05, 3.63) is 119 Å². The topological polar surface area (TPSA) is 58.6 Å². The van der Waals surface area contributed by atoms with Crippen LogP contribution in [0, 0.1) is 0 Å². The van der Waals surface area contributed by atoms with Crippen LogP contribution in [0.15, 0.2) is 96.7 Å². The minimum absolute atomic E-state index is 0.268. The van der Waals surface area contributed by atoms with Crippen LogP contribution >= 0.6 is 0 Å². The molecule has 5 nitrogen and oxygen atoms in total. The molecule has 1 N–H and O–H groups in total. The third-order valence-corrected chi connectivity index (χ3v) is 5.75. The van der Waals surface area contributed by atoms with Gasteiger partial charge in [-0.3, -0.25) is 24.8 Å². The van der Waals surface area contributed by atoms with Crippen molar-refractivity contribution in [3.8, 4) is 0 Å². The van der Waals surface area contributed by atoms with E-state index in [0.29, 0.717) is 24.0 Å². The number of carbonyl (C=O) groups excluding carboxylic acids is 2. The highest BCUT2D eigenvalue weighted by molar-refractivity contribution is 6.21. The number of hydroxylamine groups is 1. The van der Waals surface area contributed by atoms with Crippen LogP contribution in [0.4, 0.5) is 0 Å². The zero-order chi connectivity index (χ0) is 21.2. The van der Waals surface area contributed by atoms with Gasteiger partial charge in [0.2, 0.25) is 0 Å². The molecular weight excluding hydrogens is 388 g/mol. The summed E-state index contributed by atoms with van der Waals surface area (Å²) in [6.07, 6.45) is 2.75. The average molecular weight is 410 g/mol. The molecule has 0 saturated carbocycles. The minimum Gasteiger partial charge on any atom is -0.270 e. The fourth-order valence-electron chi connectivity index (χ4n) is 4.23. The maximum atomic E-state index is 13.2. The van der Waals surface area contributed by atoms with E-state index in [0.717, 1.165) is 16.8 Å². The van der Waals surface area contributed by atoms with Gasteiger partial charge in [0.25, 0.3) is 11.8 Å². The van der Waals surface area contributed by atoms with E-state index in [1.807, 2.05) is 54.6 Å². The van der Waals surface area contributed by atoms with Crippen LogP contribution < -0.4 is 5.48 Å². The number of amides is 2. The lowest BCUT2D eigenvalue weighted by Crippen LogP contribution is -2.48. The number of nitrogens with one attached hydrogen (secondary N) is 1. The minimum atomic E-state index is -0.462. The van der Waals surface area contributed by atoms with Crippen LogP contribution in [0.2, 0.25) is 0 Å². The Morgan fingerprint density at radius 1 is 0.774 bits per heavy atom. The largest absolute Gasteiger partial charge is 0.270 e. The van der Waals surface area contributed by atoms with E-state index in [2.05, 4.69) is 17.6 Å². The molecule has 0 saturated heterocycles. The average Bonchev–Trinajstić information content (AvgIpc) is 3.37. The molecule has 3 aromatic carbocycles. The lowest BCUT2D eigenvalue weighted by molar-refractivity contribution is -0.00592. The predicted octanol–water partition coefficient (Wildman–Crippen LogP) is 3.92. The van der Waals surface area contributed by atoms with Gasteiger partial charge in [0.05, 0.1) is 17.2 Å². The Morgan fingerprint density at radius 2 is 1.32 bits per heavy atom. The number of nitrogens with zero attached hydrogens (tertiary/aromatic N) is 1. The first kappa shape index (κ1) is 19.3. The van der Waals surface area contributed by atoms with Gasteiger partial charge in [-0.25, -0.2) is 0 Å². The number of allylic oxidation sites excluding steroid dienone is 1. The van der Waals surface area contributed by atoms with Crippen LogP contribution in [0.5, 0.6) is 0 Å². The lowest BCUT2D eigenvalue weighted by Gasteiger charge is -2.29. The van der Waals surface area contributed by atoms with Crippen molar-refractivity contribution in [2.75, 3.05) is 0 Å². The first-order valence-corrected chi connectivity index (χ1v) is 10.4. The molecule has 0 aromatic heterocycles. The van der Waals surface area contributed by atoms with Crippen molar-refractivity contribution >= 4 is 11.8 Å². The Morgan fingerprint density at radius 3 is 1.94 bits per heavy atom. The maximum absolute atomic E-state index is 13.2. The van der Waals surface area contributed by atoms with E-state index in [1.165, 1.54) is 4.90 Å². The molecule has 2 atom stereocenters. The van der Waals surface area contributed by atoms with Crippen LogP contribution in [0.1, 0.15) is 31.8 Å². The van der Waals surface area contributed by atoms with Crippen LogP contribution in [0.25, 0.3) is 0 Å². The van der Waals surface area contributed by atoms with Gasteiger partial charge >= 0.3 is 0 Å². The molecule has 31 heavy (non-hydrogen) atoms. The fraction of sp³-hybridized carbons (Fsp3) is 0.154. The summed E-state index contributed by atoms with van der Waals surface area (Å²) in [6.45, 7) is 0. The molecule has 2 heterocycles. The number of hydrogen-bond donors (Lipinski definition) is 1. The second-order valence-corrected chi connectivity index (χ2v) is 7.82. The zero-order valence-electron chi connectivity index (χ0n) is 16.9. The van der Waals surface area contributed by atoms with Crippen molar-refractivity contribution in [2.45, 2.75) is 25.0 Å². The quantitative estimate of drug-likeness (QED) is 0.626. The first-order valence-electron chi connectivity index (χ1n) is 10.4. The molecule has 154 valence electrons. The summed E-state index contributed by atoms with van der Waals surface area (Å²) >= 11 is 0. The van der Waals surface area contributed by atoms with Crippen molar-refractivity contribution < 1.29 is 14.4 Å². The summed E-state index contributed by atoms with van der Waals surface area (Å²) in [5.41, 5.74) is 7.03. The SMILES string of the molecule is O=C1c2ccccc2C(=O)N1[C@@H](Cc1ccccc1)[C@@H]1C=C(Cc2ccccc2)NO1. The van der Waals surface area contributed by atoms with E-state index in [-0.39, 0.29) is 11.8 Å². The van der Waals surface area contributed by atoms with Gasteiger partial charge in [0, 0.05) is 12.1 Å². The van der Waals surface area contributed by atoms with E-state index in [4.69, 9.17) is 4.84 Å². The van der Waals surface area contributed by atoms with Gasteiger partial charge in [-0.1, -0.05) is 72.8 Å². The highest BCUT2D eigenvalue weighted by Crippen LogP contribution is 2.29. The van der Waals surface area contributed by atoms with Gasteiger partial charge in [0.15, 0.2) is 0 Å². The number of imide groups is 1. The highest BCUT2D eigenvalue weighted by atomic mass is 16.7. The highest BCUT2D eigenvalue weighted by Gasteiger charge is 2.43. The van der Waals surface area contributed by atoms with Crippen molar-refractivity contribution in [2.24, 2.45) is 0 Å². The number of rotatable bonds is 6. The van der Waals surface area contributed by atoms with E-state index < -0.39 is 12.1 Å². The van der Waals surface area contributed by atoms with Gasteiger partial charge in [-0.05, 0) is 35.8 Å². The molecule has 2 aliphatic rings. The summed E-state index contributed by atoms with van der Waals surface area (Å²) < 4.78 is 0. The first-order chi connectivity index (χ1) is 15.2. The molecule has 0 fully saturated rings. The maximum Gasteiger partial charge on any atom is 0.261 e. The Bertz CT molecular complexity index is 1110. The third-order valence-electron chi connectivity index (χ3n) is 5.75. The number of benzene rings is 3. The molecule has 0 unspecified atom stereocenters. The molecular formula is C26H22N2O3. The summed E-state index contributed by atoms with van der Waals surface area (Å²) in [5.74, 6) is -0.537. The molecule has 2 amide bonds. The van der Waals surface area contributed by atoms with Crippen molar-refractivity contribution in [1.82, 2.24) is 10.4 Å². The normalized spacial score (nSPS) is 18.5. The second-order valence-electron chi connectivity index (χ2n) is 7.82. The standard InChI is InChI=1S/C26H22N2O3/c29-25-21-13-7-8-14-22(21)26(30)28(25)23(16-19-11-5-2-6-12-19)24-17-20(27-31-24)15-18-9-3-1-4-10-18/h1-14,17,23-24,27H,15-16H2/t23-,24-/m0/s1. The Hall–Kier alpha value is -3.70. The summed E-state index contributed by atoms with van der Waals surface area (Å²) in [7, 11) is 0. The van der Waals surface area contributed by atoms with Crippen LogP contribution in [0.3, 0.4) is 0 Å². The molecule has 0 radical (unpaired) electrons. The fourth-order valence-corrected chi connectivity index (χ4v) is 4.23. The Balaban J connectivity index is 1.46. The molecule has 0 spiro atoms. The lowest BCUT2D eigenvalue weighted by atomic mass is 9.98.